The zero-order valence-corrected chi connectivity index (χ0v) is 14.4. The van der Waals surface area contributed by atoms with E-state index in [2.05, 4.69) is 15.6 Å². The minimum Gasteiger partial charge on any atom is -0.497 e. The molecule has 24 heavy (non-hydrogen) atoms. The fourth-order valence-electron chi connectivity index (χ4n) is 2.81. The Balaban J connectivity index is 1.77. The van der Waals surface area contributed by atoms with Crippen LogP contribution in [0.25, 0.3) is 0 Å². The van der Waals surface area contributed by atoms with Crippen LogP contribution in [0.2, 0.25) is 0 Å². The molecule has 1 atom stereocenters. The maximum atomic E-state index is 12.3. The average Bonchev–Trinajstić information content (AvgIpc) is 3.03. The molecule has 2 aromatic rings. The number of ether oxygens (including phenoxy) is 1. The minimum absolute atomic E-state index is 0.0192. The van der Waals surface area contributed by atoms with Gasteiger partial charge in [0.1, 0.15) is 5.75 Å². The van der Waals surface area contributed by atoms with Crippen LogP contribution in [0, 0.1) is 0 Å². The number of likely N-dealkylation sites (N-methyl/N-ethyl adjacent to an activating group) is 1. The zero-order chi connectivity index (χ0) is 17.1. The molecule has 0 unspecified atom stereocenters. The monoisotopic (exact) mass is 345 g/mol. The highest BCUT2D eigenvalue weighted by molar-refractivity contribution is 7.15. The largest absolute Gasteiger partial charge is 0.497 e. The summed E-state index contributed by atoms with van der Waals surface area (Å²) in [6.45, 7) is 0. The van der Waals surface area contributed by atoms with E-state index in [1.165, 1.54) is 11.3 Å². The fourth-order valence-corrected chi connectivity index (χ4v) is 3.87. The van der Waals surface area contributed by atoms with Gasteiger partial charge in [-0.05, 0) is 43.5 Å². The quantitative estimate of drug-likeness (QED) is 0.892. The van der Waals surface area contributed by atoms with Crippen LogP contribution in [0.4, 0.5) is 5.13 Å². The molecular weight excluding hydrogens is 326 g/mol. The van der Waals surface area contributed by atoms with Gasteiger partial charge in [0, 0.05) is 17.5 Å². The van der Waals surface area contributed by atoms with Crippen molar-refractivity contribution in [2.24, 2.45) is 0 Å². The molecule has 7 heteroatoms. The van der Waals surface area contributed by atoms with E-state index in [0.29, 0.717) is 16.4 Å². The molecule has 0 spiro atoms. The number of benzene rings is 1. The van der Waals surface area contributed by atoms with Crippen LogP contribution in [0.5, 0.6) is 5.75 Å². The first kappa shape index (κ1) is 16.4. The van der Waals surface area contributed by atoms with E-state index < -0.39 is 0 Å². The van der Waals surface area contributed by atoms with Crippen molar-refractivity contribution in [1.29, 1.82) is 0 Å². The molecule has 1 aromatic heterocycles. The summed E-state index contributed by atoms with van der Waals surface area (Å²) in [5.74, 6) is 0.237. The molecule has 126 valence electrons. The fraction of sp³-hybridized carbons (Fsp3) is 0.353. The van der Waals surface area contributed by atoms with E-state index in [4.69, 9.17) is 4.74 Å². The lowest BCUT2D eigenvalue weighted by molar-refractivity contribution is -0.122. The number of nitrogens with zero attached hydrogens (tertiary/aromatic N) is 1. The number of hydrogen-bond acceptors (Lipinski definition) is 5. The van der Waals surface area contributed by atoms with Crippen LogP contribution in [0.1, 0.15) is 39.7 Å². The zero-order valence-electron chi connectivity index (χ0n) is 13.6. The molecule has 1 aromatic carbocycles. The van der Waals surface area contributed by atoms with Crippen LogP contribution in [-0.4, -0.2) is 31.0 Å². The minimum atomic E-state index is -0.222. The molecule has 1 heterocycles. The number of thiazole rings is 1. The number of anilines is 1. The Morgan fingerprint density at radius 3 is 2.71 bits per heavy atom. The van der Waals surface area contributed by atoms with E-state index in [9.17, 15) is 9.59 Å². The molecule has 0 radical (unpaired) electrons. The number of aromatic nitrogens is 1. The standard InChI is InChI=1S/C17H19N3O3S/c1-18-16(22)12-4-3-5-13-14(12)19-17(24-13)20-15(21)10-6-8-11(23-2)9-7-10/h6-9,12H,3-5H2,1-2H3,(H,18,22)(H,19,20,21)/t12-/m0/s1. The molecule has 0 aliphatic heterocycles. The summed E-state index contributed by atoms with van der Waals surface area (Å²) in [7, 11) is 3.22. The highest BCUT2D eigenvalue weighted by Crippen LogP contribution is 2.36. The molecule has 2 N–H and O–H groups in total. The van der Waals surface area contributed by atoms with E-state index >= 15 is 0 Å². The molecule has 1 aliphatic carbocycles. The van der Waals surface area contributed by atoms with Gasteiger partial charge in [0.25, 0.3) is 5.91 Å². The molecule has 1 aliphatic rings. The number of rotatable bonds is 4. The SMILES string of the molecule is CNC(=O)[C@H]1CCCc2sc(NC(=O)c3ccc(OC)cc3)nc21. The highest BCUT2D eigenvalue weighted by Gasteiger charge is 2.29. The van der Waals surface area contributed by atoms with E-state index in [1.807, 2.05) is 0 Å². The van der Waals surface area contributed by atoms with Gasteiger partial charge < -0.3 is 10.1 Å². The summed E-state index contributed by atoms with van der Waals surface area (Å²) in [5, 5.41) is 6.05. The average molecular weight is 345 g/mol. The van der Waals surface area contributed by atoms with Crippen molar-refractivity contribution in [3.8, 4) is 5.75 Å². The summed E-state index contributed by atoms with van der Waals surface area (Å²) >= 11 is 1.45. The number of methoxy groups -OCH3 is 1. The third-order valence-corrected chi connectivity index (χ3v) is 5.14. The van der Waals surface area contributed by atoms with Gasteiger partial charge >= 0.3 is 0 Å². The van der Waals surface area contributed by atoms with Crippen molar-refractivity contribution in [3.63, 3.8) is 0 Å². The van der Waals surface area contributed by atoms with Crippen LogP contribution in [-0.2, 0) is 11.2 Å². The van der Waals surface area contributed by atoms with Crippen LogP contribution in [0.15, 0.2) is 24.3 Å². The van der Waals surface area contributed by atoms with Gasteiger partial charge in [-0.2, -0.15) is 0 Å². The van der Waals surface area contributed by atoms with Crippen molar-refractivity contribution in [2.75, 3.05) is 19.5 Å². The van der Waals surface area contributed by atoms with E-state index in [1.54, 1.807) is 38.4 Å². The molecular formula is C17H19N3O3S. The predicted octanol–water partition coefficient (Wildman–Crippen LogP) is 2.57. The van der Waals surface area contributed by atoms with Gasteiger partial charge in [-0.3, -0.25) is 14.9 Å². The van der Waals surface area contributed by atoms with Crippen LogP contribution < -0.4 is 15.4 Å². The molecule has 2 amide bonds. The number of carbonyl (C=O) groups is 2. The number of carbonyl (C=O) groups excluding carboxylic acids is 2. The number of aryl methyl sites for hydroxylation is 1. The second-order valence-electron chi connectivity index (χ2n) is 5.57. The smallest absolute Gasteiger partial charge is 0.257 e. The van der Waals surface area contributed by atoms with Crippen molar-refractivity contribution in [3.05, 3.63) is 40.4 Å². The Morgan fingerprint density at radius 2 is 2.04 bits per heavy atom. The van der Waals surface area contributed by atoms with Crippen molar-refractivity contribution in [2.45, 2.75) is 25.2 Å². The summed E-state index contributed by atoms with van der Waals surface area (Å²) < 4.78 is 5.09. The van der Waals surface area contributed by atoms with Gasteiger partial charge in [0.2, 0.25) is 5.91 Å². The Kier molecular flexibility index (Phi) is 4.80. The van der Waals surface area contributed by atoms with Crippen molar-refractivity contribution >= 4 is 28.3 Å². The van der Waals surface area contributed by atoms with Crippen molar-refractivity contribution < 1.29 is 14.3 Å². The van der Waals surface area contributed by atoms with Crippen molar-refractivity contribution in [1.82, 2.24) is 10.3 Å². The molecule has 3 rings (SSSR count). The number of amides is 2. The maximum absolute atomic E-state index is 12.3. The normalized spacial score (nSPS) is 16.2. The Hall–Kier alpha value is -2.41. The number of fused-ring (bicyclic) bond motifs is 1. The van der Waals surface area contributed by atoms with Gasteiger partial charge in [-0.1, -0.05) is 0 Å². The lowest BCUT2D eigenvalue weighted by atomic mass is 9.90. The second-order valence-corrected chi connectivity index (χ2v) is 6.65. The Morgan fingerprint density at radius 1 is 1.29 bits per heavy atom. The highest BCUT2D eigenvalue weighted by atomic mass is 32.1. The summed E-state index contributed by atoms with van der Waals surface area (Å²) in [6.07, 6.45) is 2.65. The molecule has 0 saturated heterocycles. The predicted molar refractivity (Wildman–Crippen MR) is 92.8 cm³/mol. The Bertz CT molecular complexity index is 755. The van der Waals surface area contributed by atoms with Gasteiger partial charge in [0.05, 0.1) is 18.7 Å². The first-order valence-electron chi connectivity index (χ1n) is 7.79. The summed E-state index contributed by atoms with van der Waals surface area (Å²) in [6, 6.07) is 6.89. The topological polar surface area (TPSA) is 80.3 Å². The van der Waals surface area contributed by atoms with Gasteiger partial charge in [-0.15, -0.1) is 11.3 Å². The molecule has 0 saturated carbocycles. The van der Waals surface area contributed by atoms with E-state index in [0.717, 1.165) is 29.8 Å². The molecule has 6 nitrogen and oxygen atoms in total. The third kappa shape index (κ3) is 3.26. The number of nitrogens with one attached hydrogen (secondary N) is 2. The van der Waals surface area contributed by atoms with Gasteiger partial charge in [0.15, 0.2) is 5.13 Å². The second kappa shape index (κ2) is 7.00. The van der Waals surface area contributed by atoms with Crippen LogP contribution >= 0.6 is 11.3 Å². The lowest BCUT2D eigenvalue weighted by Gasteiger charge is -2.19. The van der Waals surface area contributed by atoms with E-state index in [-0.39, 0.29) is 17.7 Å². The Labute approximate surface area is 144 Å². The number of hydrogen-bond donors (Lipinski definition) is 2. The third-order valence-electron chi connectivity index (χ3n) is 4.09. The van der Waals surface area contributed by atoms with Crippen LogP contribution in [0.3, 0.4) is 0 Å². The molecule has 0 bridgehead atoms. The first-order chi connectivity index (χ1) is 11.6. The molecule has 0 fully saturated rings. The van der Waals surface area contributed by atoms with Gasteiger partial charge in [-0.25, -0.2) is 4.98 Å². The summed E-state index contributed by atoms with van der Waals surface area (Å²) in [5.41, 5.74) is 1.34. The lowest BCUT2D eigenvalue weighted by Crippen LogP contribution is -2.28. The first-order valence-corrected chi connectivity index (χ1v) is 8.60. The summed E-state index contributed by atoms with van der Waals surface area (Å²) in [4.78, 5) is 29.9. The maximum Gasteiger partial charge on any atom is 0.257 e.